The third-order valence-corrected chi connectivity index (χ3v) is 4.52. The summed E-state index contributed by atoms with van der Waals surface area (Å²) < 4.78 is 1.94. The number of hydrogen-bond donors (Lipinski definition) is 1. The SMILES string of the molecule is CN(CC1CCCN1)C(=O)c1cc(I)ccc1Br. The number of carbonyl (C=O) groups is 1. The lowest BCUT2D eigenvalue weighted by Crippen LogP contribution is -2.38. The van der Waals surface area contributed by atoms with Gasteiger partial charge in [0.1, 0.15) is 0 Å². The summed E-state index contributed by atoms with van der Waals surface area (Å²) >= 11 is 5.67. The van der Waals surface area contributed by atoms with E-state index in [-0.39, 0.29) is 5.91 Å². The molecular formula is C13H16BrIN2O. The molecule has 1 amide bonds. The Bertz CT molecular complexity index is 447. The van der Waals surface area contributed by atoms with Gasteiger partial charge in [0.25, 0.3) is 5.91 Å². The standard InChI is InChI=1S/C13H16BrIN2O/c1-17(8-10-3-2-6-16-10)13(18)11-7-9(15)4-5-12(11)14/h4-5,7,10,16H,2-3,6,8H2,1H3. The van der Waals surface area contributed by atoms with Crippen LogP contribution in [0, 0.1) is 3.57 Å². The van der Waals surface area contributed by atoms with Crippen LogP contribution < -0.4 is 5.32 Å². The first-order chi connectivity index (χ1) is 8.58. The lowest BCUT2D eigenvalue weighted by atomic mass is 10.1. The van der Waals surface area contributed by atoms with E-state index in [9.17, 15) is 4.79 Å². The maximum Gasteiger partial charge on any atom is 0.254 e. The van der Waals surface area contributed by atoms with Gasteiger partial charge < -0.3 is 10.2 Å². The van der Waals surface area contributed by atoms with Crippen LogP contribution in [0.4, 0.5) is 0 Å². The number of carbonyl (C=O) groups excluding carboxylic acids is 1. The second-order valence-corrected chi connectivity index (χ2v) is 6.70. The summed E-state index contributed by atoms with van der Waals surface area (Å²) in [6.45, 7) is 1.84. The Hall–Kier alpha value is -0.140. The lowest BCUT2D eigenvalue weighted by Gasteiger charge is -2.22. The van der Waals surface area contributed by atoms with Gasteiger partial charge in [-0.25, -0.2) is 0 Å². The molecule has 1 aliphatic heterocycles. The molecule has 3 nitrogen and oxygen atoms in total. The number of nitrogens with zero attached hydrogens (tertiary/aromatic N) is 1. The first kappa shape index (κ1) is 14.3. The van der Waals surface area contributed by atoms with E-state index in [1.165, 1.54) is 6.42 Å². The van der Waals surface area contributed by atoms with Crippen LogP contribution in [0.1, 0.15) is 23.2 Å². The Kier molecular flexibility index (Phi) is 5.03. The van der Waals surface area contributed by atoms with E-state index in [2.05, 4.69) is 43.8 Å². The number of benzene rings is 1. The first-order valence-corrected chi connectivity index (χ1v) is 7.89. The summed E-state index contributed by atoms with van der Waals surface area (Å²) in [5, 5.41) is 3.41. The quantitative estimate of drug-likeness (QED) is 0.759. The van der Waals surface area contributed by atoms with Crippen molar-refractivity contribution in [2.45, 2.75) is 18.9 Å². The Morgan fingerprint density at radius 1 is 1.61 bits per heavy atom. The van der Waals surface area contributed by atoms with Gasteiger partial charge in [-0.3, -0.25) is 4.79 Å². The summed E-state index contributed by atoms with van der Waals surface area (Å²) in [5.41, 5.74) is 0.738. The minimum absolute atomic E-state index is 0.0779. The molecule has 0 aromatic heterocycles. The summed E-state index contributed by atoms with van der Waals surface area (Å²) in [5.74, 6) is 0.0779. The van der Waals surface area contributed by atoms with Crippen LogP contribution in [0.2, 0.25) is 0 Å². The number of amides is 1. The van der Waals surface area contributed by atoms with Crippen molar-refractivity contribution in [1.29, 1.82) is 0 Å². The fourth-order valence-electron chi connectivity index (χ4n) is 2.19. The van der Waals surface area contributed by atoms with E-state index in [1.807, 2.05) is 25.2 Å². The van der Waals surface area contributed by atoms with E-state index in [0.29, 0.717) is 6.04 Å². The largest absolute Gasteiger partial charge is 0.340 e. The number of hydrogen-bond acceptors (Lipinski definition) is 2. The molecule has 1 atom stereocenters. The average molecular weight is 423 g/mol. The van der Waals surface area contributed by atoms with Gasteiger partial charge in [0.15, 0.2) is 0 Å². The number of likely N-dealkylation sites (N-methyl/N-ethyl adjacent to an activating group) is 1. The molecule has 0 aliphatic carbocycles. The van der Waals surface area contributed by atoms with E-state index < -0.39 is 0 Å². The van der Waals surface area contributed by atoms with Crippen molar-refractivity contribution in [3.63, 3.8) is 0 Å². The van der Waals surface area contributed by atoms with Crippen LogP contribution in [-0.4, -0.2) is 37.0 Å². The third-order valence-electron chi connectivity index (χ3n) is 3.16. The summed E-state index contributed by atoms with van der Waals surface area (Å²) in [6.07, 6.45) is 2.37. The first-order valence-electron chi connectivity index (χ1n) is 6.02. The Morgan fingerprint density at radius 2 is 2.39 bits per heavy atom. The molecule has 0 radical (unpaired) electrons. The van der Waals surface area contributed by atoms with Gasteiger partial charge >= 0.3 is 0 Å². The molecule has 1 aromatic carbocycles. The van der Waals surface area contributed by atoms with Crippen molar-refractivity contribution < 1.29 is 4.79 Å². The molecule has 2 rings (SSSR count). The predicted octanol–water partition coefficient (Wildman–Crippen LogP) is 2.88. The van der Waals surface area contributed by atoms with E-state index in [1.54, 1.807) is 4.90 Å². The van der Waals surface area contributed by atoms with Gasteiger partial charge in [-0.15, -0.1) is 0 Å². The van der Waals surface area contributed by atoms with E-state index in [4.69, 9.17) is 0 Å². The van der Waals surface area contributed by atoms with Crippen LogP contribution in [0.5, 0.6) is 0 Å². The van der Waals surface area contributed by atoms with Crippen molar-refractivity contribution in [3.8, 4) is 0 Å². The van der Waals surface area contributed by atoms with E-state index >= 15 is 0 Å². The van der Waals surface area contributed by atoms with Gasteiger partial charge in [0, 0.05) is 27.7 Å². The molecule has 1 fully saturated rings. The Labute approximate surface area is 130 Å². The fourth-order valence-corrected chi connectivity index (χ4v) is 3.10. The highest BCUT2D eigenvalue weighted by molar-refractivity contribution is 14.1. The molecule has 18 heavy (non-hydrogen) atoms. The van der Waals surface area contributed by atoms with Crippen LogP contribution in [0.25, 0.3) is 0 Å². The fraction of sp³-hybridized carbons (Fsp3) is 0.462. The van der Waals surface area contributed by atoms with Crippen molar-refractivity contribution in [2.24, 2.45) is 0 Å². The maximum atomic E-state index is 12.4. The van der Waals surface area contributed by atoms with Gasteiger partial charge in [0.05, 0.1) is 5.56 Å². The zero-order valence-electron chi connectivity index (χ0n) is 10.2. The average Bonchev–Trinajstić information content (AvgIpc) is 2.84. The Morgan fingerprint density at radius 3 is 3.06 bits per heavy atom. The van der Waals surface area contributed by atoms with Crippen molar-refractivity contribution >= 4 is 44.4 Å². The topological polar surface area (TPSA) is 32.3 Å². The van der Waals surface area contributed by atoms with Crippen molar-refractivity contribution in [2.75, 3.05) is 20.1 Å². The van der Waals surface area contributed by atoms with Gasteiger partial charge in [-0.05, 0) is 76.1 Å². The number of rotatable bonds is 3. The zero-order chi connectivity index (χ0) is 13.1. The molecule has 1 N–H and O–H groups in total. The second kappa shape index (κ2) is 6.34. The highest BCUT2D eigenvalue weighted by Crippen LogP contribution is 2.21. The van der Waals surface area contributed by atoms with Gasteiger partial charge in [-0.2, -0.15) is 0 Å². The molecule has 1 aliphatic rings. The van der Waals surface area contributed by atoms with Crippen molar-refractivity contribution in [1.82, 2.24) is 10.2 Å². The van der Waals surface area contributed by atoms with Crippen LogP contribution >= 0.6 is 38.5 Å². The molecule has 0 bridgehead atoms. The minimum atomic E-state index is 0.0779. The second-order valence-electron chi connectivity index (χ2n) is 4.60. The molecular weight excluding hydrogens is 407 g/mol. The monoisotopic (exact) mass is 422 g/mol. The molecule has 1 unspecified atom stereocenters. The van der Waals surface area contributed by atoms with Gasteiger partial charge in [-0.1, -0.05) is 0 Å². The molecule has 1 aromatic rings. The highest BCUT2D eigenvalue weighted by atomic mass is 127. The molecule has 5 heteroatoms. The molecule has 0 saturated carbocycles. The summed E-state index contributed by atoms with van der Waals surface area (Å²) in [7, 11) is 1.87. The minimum Gasteiger partial charge on any atom is -0.340 e. The third kappa shape index (κ3) is 3.45. The maximum absolute atomic E-state index is 12.4. The van der Waals surface area contributed by atoms with Crippen LogP contribution in [0.15, 0.2) is 22.7 Å². The van der Waals surface area contributed by atoms with Gasteiger partial charge in [0.2, 0.25) is 0 Å². The van der Waals surface area contributed by atoms with Crippen molar-refractivity contribution in [3.05, 3.63) is 31.8 Å². The predicted molar refractivity (Wildman–Crippen MR) is 84.8 cm³/mol. The number of nitrogens with one attached hydrogen (secondary N) is 1. The Balaban J connectivity index is 2.07. The molecule has 98 valence electrons. The zero-order valence-corrected chi connectivity index (χ0v) is 14.0. The molecule has 1 saturated heterocycles. The van der Waals surface area contributed by atoms with Crippen LogP contribution in [-0.2, 0) is 0 Å². The molecule has 0 spiro atoms. The highest BCUT2D eigenvalue weighted by Gasteiger charge is 2.21. The van der Waals surface area contributed by atoms with Crippen LogP contribution in [0.3, 0.4) is 0 Å². The molecule has 1 heterocycles. The summed E-state index contributed by atoms with van der Waals surface area (Å²) in [4.78, 5) is 14.2. The normalized spacial score (nSPS) is 18.9. The smallest absolute Gasteiger partial charge is 0.254 e. The summed E-state index contributed by atoms with van der Waals surface area (Å²) in [6, 6.07) is 6.28. The van der Waals surface area contributed by atoms with E-state index in [0.717, 1.165) is 33.1 Å². The lowest BCUT2D eigenvalue weighted by molar-refractivity contribution is 0.0783. The number of halogens is 2.